The molecule has 0 radical (unpaired) electrons. The van der Waals surface area contributed by atoms with Crippen LogP contribution in [0.25, 0.3) is 10.9 Å². The SMILES string of the molecule is CCN[C@H](C(=O)NC/C=C/Cn1cnc2cc(Cl)c(Cl)cc2c1=O)[C@@H](C)O. The highest BCUT2D eigenvalue weighted by molar-refractivity contribution is 6.42. The van der Waals surface area contributed by atoms with Crippen LogP contribution in [0.1, 0.15) is 13.8 Å². The molecule has 0 bridgehead atoms. The first-order valence-electron chi connectivity index (χ1n) is 8.53. The molecule has 2 rings (SSSR count). The lowest BCUT2D eigenvalue weighted by molar-refractivity contribution is -0.125. The van der Waals surface area contributed by atoms with Gasteiger partial charge in [0.05, 0.1) is 33.4 Å². The number of aromatic nitrogens is 2. The maximum absolute atomic E-state index is 12.5. The summed E-state index contributed by atoms with van der Waals surface area (Å²) in [6.45, 7) is 4.57. The average Bonchev–Trinajstić information content (AvgIpc) is 2.62. The van der Waals surface area contributed by atoms with Crippen molar-refractivity contribution in [1.29, 1.82) is 0 Å². The van der Waals surface area contributed by atoms with Gasteiger partial charge in [-0.15, -0.1) is 0 Å². The van der Waals surface area contributed by atoms with Gasteiger partial charge in [-0.3, -0.25) is 14.2 Å². The molecular weight excluding hydrogens is 391 g/mol. The minimum absolute atomic E-state index is 0.228. The van der Waals surface area contributed by atoms with Crippen LogP contribution in [0.2, 0.25) is 10.0 Å². The van der Waals surface area contributed by atoms with Gasteiger partial charge in [-0.25, -0.2) is 4.98 Å². The van der Waals surface area contributed by atoms with Crippen LogP contribution < -0.4 is 16.2 Å². The summed E-state index contributed by atoms with van der Waals surface area (Å²) in [5.74, 6) is -0.285. The summed E-state index contributed by atoms with van der Waals surface area (Å²) in [6, 6.07) is 2.40. The lowest BCUT2D eigenvalue weighted by Crippen LogP contribution is -2.50. The second kappa shape index (κ2) is 9.85. The van der Waals surface area contributed by atoms with Gasteiger partial charge in [0.25, 0.3) is 5.56 Å². The van der Waals surface area contributed by atoms with Crippen LogP contribution >= 0.6 is 23.2 Å². The van der Waals surface area contributed by atoms with Gasteiger partial charge in [-0.1, -0.05) is 42.3 Å². The molecule has 3 N–H and O–H groups in total. The van der Waals surface area contributed by atoms with Crippen molar-refractivity contribution in [2.75, 3.05) is 13.1 Å². The van der Waals surface area contributed by atoms with E-state index in [1.54, 1.807) is 25.1 Å². The van der Waals surface area contributed by atoms with Crippen molar-refractivity contribution in [3.63, 3.8) is 0 Å². The number of fused-ring (bicyclic) bond motifs is 1. The fourth-order valence-corrected chi connectivity index (χ4v) is 2.85. The summed E-state index contributed by atoms with van der Waals surface area (Å²) in [7, 11) is 0. The third-order valence-electron chi connectivity index (χ3n) is 3.92. The second-order valence-electron chi connectivity index (χ2n) is 5.98. The smallest absolute Gasteiger partial charge is 0.261 e. The van der Waals surface area contributed by atoms with Crippen LogP contribution in [-0.2, 0) is 11.3 Å². The lowest BCUT2D eigenvalue weighted by Gasteiger charge is -2.19. The van der Waals surface area contributed by atoms with Gasteiger partial charge in [-0.2, -0.15) is 0 Å². The van der Waals surface area contributed by atoms with Gasteiger partial charge in [0.2, 0.25) is 5.91 Å². The molecule has 7 nitrogen and oxygen atoms in total. The van der Waals surface area contributed by atoms with E-state index in [0.717, 1.165) is 0 Å². The molecule has 1 aromatic carbocycles. The molecule has 0 aliphatic rings. The Labute approximate surface area is 167 Å². The quantitative estimate of drug-likeness (QED) is 0.573. The van der Waals surface area contributed by atoms with Gasteiger partial charge in [0.1, 0.15) is 6.04 Å². The standard InChI is InChI=1S/C18H22Cl2N4O3/c1-3-21-16(11(2)25)17(26)22-6-4-5-7-24-10-23-15-9-14(20)13(19)8-12(15)18(24)27/h4-5,8-11,16,21,25H,3,6-7H2,1-2H3,(H,22,26)/b5-4+/t11-,16+/m1/s1. The first-order chi connectivity index (χ1) is 12.8. The maximum Gasteiger partial charge on any atom is 0.261 e. The second-order valence-corrected chi connectivity index (χ2v) is 6.79. The van der Waals surface area contributed by atoms with Gasteiger partial charge in [-0.05, 0) is 25.6 Å². The topological polar surface area (TPSA) is 96.3 Å². The van der Waals surface area contributed by atoms with Crippen LogP contribution in [0.5, 0.6) is 0 Å². The van der Waals surface area contributed by atoms with Crippen molar-refractivity contribution >= 4 is 40.0 Å². The Morgan fingerprint density at radius 1 is 1.33 bits per heavy atom. The monoisotopic (exact) mass is 412 g/mol. The number of nitrogens with zero attached hydrogens (tertiary/aromatic N) is 2. The molecule has 27 heavy (non-hydrogen) atoms. The third kappa shape index (κ3) is 5.52. The van der Waals surface area contributed by atoms with Crippen LogP contribution in [0.15, 0.2) is 35.4 Å². The van der Waals surface area contributed by atoms with E-state index in [1.165, 1.54) is 17.0 Å². The molecule has 1 amide bonds. The molecule has 0 saturated carbocycles. The maximum atomic E-state index is 12.5. The predicted octanol–water partition coefficient (Wildman–Crippen LogP) is 1.73. The summed E-state index contributed by atoms with van der Waals surface area (Å²) >= 11 is 11.9. The number of carbonyl (C=O) groups is 1. The van der Waals surface area contributed by atoms with Gasteiger partial charge in [0, 0.05) is 13.1 Å². The number of likely N-dealkylation sites (N-methyl/N-ethyl adjacent to an activating group) is 1. The number of aliphatic hydroxyl groups is 1. The number of hydrogen-bond donors (Lipinski definition) is 3. The molecule has 1 heterocycles. The number of amides is 1. The molecule has 0 aliphatic carbocycles. The van der Waals surface area contributed by atoms with Crippen LogP contribution in [0.4, 0.5) is 0 Å². The zero-order valence-electron chi connectivity index (χ0n) is 15.1. The minimum atomic E-state index is -0.795. The van der Waals surface area contributed by atoms with Crippen molar-refractivity contribution in [2.24, 2.45) is 0 Å². The lowest BCUT2D eigenvalue weighted by atomic mass is 10.1. The van der Waals surface area contributed by atoms with E-state index in [9.17, 15) is 14.7 Å². The molecule has 1 aromatic heterocycles. The largest absolute Gasteiger partial charge is 0.391 e. The highest BCUT2D eigenvalue weighted by Gasteiger charge is 2.21. The van der Waals surface area contributed by atoms with Crippen molar-refractivity contribution in [3.05, 3.63) is 51.0 Å². The molecule has 0 saturated heterocycles. The minimum Gasteiger partial charge on any atom is -0.391 e. The molecule has 0 fully saturated rings. The number of hydrogen-bond acceptors (Lipinski definition) is 5. The van der Waals surface area contributed by atoms with E-state index in [0.29, 0.717) is 34.0 Å². The average molecular weight is 413 g/mol. The molecular formula is C18H22Cl2N4O3. The number of aliphatic hydroxyl groups excluding tert-OH is 1. The Kier molecular flexibility index (Phi) is 7.79. The van der Waals surface area contributed by atoms with E-state index in [4.69, 9.17) is 23.2 Å². The summed E-state index contributed by atoms with van der Waals surface area (Å²) < 4.78 is 1.43. The first-order valence-corrected chi connectivity index (χ1v) is 9.29. The van der Waals surface area contributed by atoms with E-state index in [1.807, 2.05) is 6.92 Å². The first kappa shape index (κ1) is 21.4. The van der Waals surface area contributed by atoms with Crippen LogP contribution in [0, 0.1) is 0 Å². The predicted molar refractivity (Wildman–Crippen MR) is 107 cm³/mol. The number of rotatable bonds is 8. The van der Waals surface area contributed by atoms with E-state index in [-0.39, 0.29) is 18.0 Å². The van der Waals surface area contributed by atoms with Crippen LogP contribution in [-0.4, -0.2) is 45.8 Å². The summed E-state index contributed by atoms with van der Waals surface area (Å²) in [4.78, 5) is 28.7. The van der Waals surface area contributed by atoms with Crippen molar-refractivity contribution in [2.45, 2.75) is 32.5 Å². The van der Waals surface area contributed by atoms with E-state index >= 15 is 0 Å². The molecule has 2 aromatic rings. The molecule has 146 valence electrons. The Morgan fingerprint density at radius 2 is 2.04 bits per heavy atom. The summed E-state index contributed by atoms with van der Waals surface area (Å²) in [6.07, 6.45) is 4.12. The summed E-state index contributed by atoms with van der Waals surface area (Å²) in [5, 5.41) is 16.3. The normalized spacial score (nSPS) is 13.8. The summed E-state index contributed by atoms with van der Waals surface area (Å²) in [5.41, 5.74) is 0.253. The molecule has 0 aliphatic heterocycles. The van der Waals surface area contributed by atoms with Gasteiger partial charge >= 0.3 is 0 Å². The number of halogens is 2. The zero-order chi connectivity index (χ0) is 20.0. The molecule has 0 unspecified atom stereocenters. The van der Waals surface area contributed by atoms with Crippen molar-refractivity contribution in [1.82, 2.24) is 20.2 Å². The fourth-order valence-electron chi connectivity index (χ4n) is 2.53. The van der Waals surface area contributed by atoms with E-state index < -0.39 is 12.1 Å². The highest BCUT2D eigenvalue weighted by Crippen LogP contribution is 2.24. The molecule has 2 atom stereocenters. The van der Waals surface area contributed by atoms with Crippen LogP contribution in [0.3, 0.4) is 0 Å². The van der Waals surface area contributed by atoms with Crippen molar-refractivity contribution in [3.8, 4) is 0 Å². The third-order valence-corrected chi connectivity index (χ3v) is 4.64. The zero-order valence-corrected chi connectivity index (χ0v) is 16.6. The molecule has 0 spiro atoms. The Bertz CT molecular complexity index is 896. The fraction of sp³-hybridized carbons (Fsp3) is 0.389. The Morgan fingerprint density at radius 3 is 2.70 bits per heavy atom. The Balaban J connectivity index is 1.98. The van der Waals surface area contributed by atoms with E-state index in [2.05, 4.69) is 15.6 Å². The number of carbonyl (C=O) groups excluding carboxylic acids is 1. The Hall–Kier alpha value is -1.93. The highest BCUT2D eigenvalue weighted by atomic mass is 35.5. The van der Waals surface area contributed by atoms with Crippen molar-refractivity contribution < 1.29 is 9.90 Å². The van der Waals surface area contributed by atoms with Gasteiger partial charge < -0.3 is 15.7 Å². The number of benzene rings is 1. The molecule has 9 heteroatoms. The number of nitrogens with one attached hydrogen (secondary N) is 2. The number of allylic oxidation sites excluding steroid dienone is 1. The van der Waals surface area contributed by atoms with Gasteiger partial charge in [0.15, 0.2) is 0 Å².